The van der Waals surface area contributed by atoms with Crippen molar-refractivity contribution in [1.82, 2.24) is 16.0 Å². The minimum absolute atomic E-state index is 0.0187. The highest BCUT2D eigenvalue weighted by Crippen LogP contribution is 2.08. The fourth-order valence-corrected chi connectivity index (χ4v) is 3.57. The third kappa shape index (κ3) is 12.3. The molecule has 0 fully saturated rings. The van der Waals surface area contributed by atoms with Crippen LogP contribution >= 0.6 is 0 Å². The van der Waals surface area contributed by atoms with Gasteiger partial charge in [-0.2, -0.15) is 0 Å². The zero-order chi connectivity index (χ0) is 27.8. The monoisotopic (exact) mass is 521 g/mol. The zero-order valence-electron chi connectivity index (χ0n) is 21.2. The molecule has 0 aliphatic rings. The molecule has 0 saturated heterocycles. The number of carboxylic acids is 2. The molecule has 1 aromatic rings. The Kier molecular flexibility index (Phi) is 14.5. The maximum atomic E-state index is 13.2. The zero-order valence-corrected chi connectivity index (χ0v) is 21.2. The number of amides is 3. The molecule has 0 aromatic heterocycles. The van der Waals surface area contributed by atoms with Crippen LogP contribution in [0, 0.1) is 0 Å². The van der Waals surface area contributed by atoms with Gasteiger partial charge in [-0.3, -0.25) is 19.2 Å². The van der Waals surface area contributed by atoms with Gasteiger partial charge < -0.3 is 37.6 Å². The van der Waals surface area contributed by atoms with E-state index in [-0.39, 0.29) is 6.42 Å². The number of benzene rings is 1. The normalized spacial score (nSPS) is 14.0. The topological polar surface area (TPSA) is 214 Å². The van der Waals surface area contributed by atoms with Gasteiger partial charge in [0.15, 0.2) is 0 Å². The molecule has 12 nitrogen and oxygen atoms in total. The summed E-state index contributed by atoms with van der Waals surface area (Å²) >= 11 is 0. The van der Waals surface area contributed by atoms with Gasteiger partial charge >= 0.3 is 11.9 Å². The smallest absolute Gasteiger partial charge is 0.326 e. The molecule has 206 valence electrons. The summed E-state index contributed by atoms with van der Waals surface area (Å²) in [6.07, 6.45) is 2.66. The summed E-state index contributed by atoms with van der Waals surface area (Å²) in [6, 6.07) is 4.04. The van der Waals surface area contributed by atoms with Crippen molar-refractivity contribution in [3.63, 3.8) is 0 Å². The summed E-state index contributed by atoms with van der Waals surface area (Å²) in [6.45, 7) is 2.41. The molecule has 0 unspecified atom stereocenters. The number of carboxylic acid groups (broad SMARTS) is 2. The van der Waals surface area contributed by atoms with E-state index in [9.17, 15) is 29.1 Å². The summed E-state index contributed by atoms with van der Waals surface area (Å²) < 4.78 is 0. The van der Waals surface area contributed by atoms with Gasteiger partial charge in [0.05, 0.1) is 12.5 Å². The summed E-state index contributed by atoms with van der Waals surface area (Å²) in [5, 5.41) is 25.7. The lowest BCUT2D eigenvalue weighted by Crippen LogP contribution is -2.57. The lowest BCUT2D eigenvalue weighted by molar-refractivity contribution is -0.147. The minimum Gasteiger partial charge on any atom is -0.481 e. The van der Waals surface area contributed by atoms with E-state index in [0.29, 0.717) is 37.8 Å². The molecule has 37 heavy (non-hydrogen) atoms. The van der Waals surface area contributed by atoms with Crippen molar-refractivity contribution in [2.75, 3.05) is 6.54 Å². The quantitative estimate of drug-likeness (QED) is 0.128. The average molecular weight is 522 g/mol. The number of carbonyl (C=O) groups is 5. The highest BCUT2D eigenvalue weighted by molar-refractivity contribution is 5.94. The largest absolute Gasteiger partial charge is 0.481 e. The third-order valence-corrected chi connectivity index (χ3v) is 5.69. The number of hydrogen-bond acceptors (Lipinski definition) is 7. The summed E-state index contributed by atoms with van der Waals surface area (Å²) in [7, 11) is 0. The van der Waals surface area contributed by atoms with Crippen LogP contribution in [0.2, 0.25) is 0 Å². The Morgan fingerprint density at radius 3 is 1.97 bits per heavy atom. The Labute approximate surface area is 216 Å². The molecule has 1 aromatic carbocycles. The molecule has 0 spiro atoms. The van der Waals surface area contributed by atoms with E-state index < -0.39 is 60.2 Å². The summed E-state index contributed by atoms with van der Waals surface area (Å²) in [4.78, 5) is 61.3. The summed E-state index contributed by atoms with van der Waals surface area (Å²) in [5.41, 5.74) is 12.1. The number of nitrogens with one attached hydrogen (secondary N) is 3. The van der Waals surface area contributed by atoms with Crippen LogP contribution < -0.4 is 27.4 Å². The van der Waals surface area contributed by atoms with Gasteiger partial charge in [-0.25, -0.2) is 4.79 Å². The molecule has 0 bridgehead atoms. The lowest BCUT2D eigenvalue weighted by Gasteiger charge is -2.25. The number of unbranched alkanes of at least 4 members (excludes halogenated alkanes) is 2. The molecule has 4 atom stereocenters. The number of carbonyl (C=O) groups excluding carboxylic acids is 3. The molecule has 0 saturated carbocycles. The highest BCUT2D eigenvalue weighted by Gasteiger charge is 2.31. The lowest BCUT2D eigenvalue weighted by atomic mass is 10.0. The van der Waals surface area contributed by atoms with Crippen molar-refractivity contribution in [3.05, 3.63) is 35.9 Å². The number of rotatable bonds is 18. The van der Waals surface area contributed by atoms with Crippen LogP contribution in [0.25, 0.3) is 0 Å². The maximum Gasteiger partial charge on any atom is 0.326 e. The molecule has 0 aliphatic carbocycles. The second kappa shape index (κ2) is 17.0. The number of nitrogens with two attached hydrogens (primary N) is 2. The van der Waals surface area contributed by atoms with Crippen molar-refractivity contribution in [2.24, 2.45) is 11.5 Å². The van der Waals surface area contributed by atoms with Crippen LogP contribution in [0.15, 0.2) is 30.3 Å². The van der Waals surface area contributed by atoms with E-state index in [4.69, 9.17) is 16.6 Å². The first-order chi connectivity index (χ1) is 17.6. The van der Waals surface area contributed by atoms with Gasteiger partial charge in [0.2, 0.25) is 17.7 Å². The molecule has 0 radical (unpaired) electrons. The second-order valence-electron chi connectivity index (χ2n) is 8.84. The van der Waals surface area contributed by atoms with E-state index in [2.05, 4.69) is 16.0 Å². The van der Waals surface area contributed by atoms with Gasteiger partial charge in [-0.15, -0.1) is 0 Å². The van der Waals surface area contributed by atoms with Crippen LogP contribution in [0.3, 0.4) is 0 Å². The van der Waals surface area contributed by atoms with E-state index in [1.54, 1.807) is 30.3 Å². The van der Waals surface area contributed by atoms with Crippen LogP contribution in [0.5, 0.6) is 0 Å². The van der Waals surface area contributed by atoms with Crippen molar-refractivity contribution >= 4 is 29.7 Å². The third-order valence-electron chi connectivity index (χ3n) is 5.69. The molecule has 0 aliphatic heterocycles. The maximum absolute atomic E-state index is 13.2. The standard InChI is InChI=1S/C25H39N5O7/c1-2-3-12-18(28-22(33)17(27)11-7-8-13-26)23(34)29-19(14-16-9-5-4-6-10-16)24(35)30-20(25(36)37)15-21(31)32/h4-6,9-10,17-20H,2-3,7-8,11-15,26-27H2,1H3,(H,28,33)(H,29,34)(H,30,35)(H,31,32)(H,36,37)/t17-,18+,19+,20+/m1/s1. The van der Waals surface area contributed by atoms with Crippen LogP contribution in [0.1, 0.15) is 57.4 Å². The van der Waals surface area contributed by atoms with E-state index >= 15 is 0 Å². The predicted octanol–water partition coefficient (Wildman–Crippen LogP) is -0.111. The van der Waals surface area contributed by atoms with Crippen molar-refractivity contribution in [3.8, 4) is 0 Å². The Bertz CT molecular complexity index is 897. The molecule has 1 rings (SSSR count). The predicted molar refractivity (Wildman–Crippen MR) is 136 cm³/mol. The first kappa shape index (κ1) is 31.5. The molecular weight excluding hydrogens is 482 g/mol. The number of hydrogen-bond donors (Lipinski definition) is 7. The van der Waals surface area contributed by atoms with Crippen molar-refractivity contribution in [2.45, 2.75) is 82.5 Å². The molecule has 9 N–H and O–H groups in total. The van der Waals surface area contributed by atoms with Gasteiger partial charge in [0.1, 0.15) is 18.1 Å². The molecule has 0 heterocycles. The first-order valence-electron chi connectivity index (χ1n) is 12.4. The Hall–Kier alpha value is -3.51. The van der Waals surface area contributed by atoms with Crippen molar-refractivity contribution < 1.29 is 34.2 Å². The van der Waals surface area contributed by atoms with Crippen molar-refractivity contribution in [1.29, 1.82) is 0 Å². The fourth-order valence-electron chi connectivity index (χ4n) is 3.57. The summed E-state index contributed by atoms with van der Waals surface area (Å²) in [5.74, 6) is -4.90. The van der Waals surface area contributed by atoms with Gasteiger partial charge in [0.25, 0.3) is 0 Å². The first-order valence-corrected chi connectivity index (χ1v) is 12.4. The van der Waals surface area contributed by atoms with Crippen LogP contribution in [-0.2, 0) is 30.4 Å². The molecule has 12 heteroatoms. The molecular formula is C25H39N5O7. The van der Waals surface area contributed by atoms with Gasteiger partial charge in [0, 0.05) is 6.42 Å². The van der Waals surface area contributed by atoms with Crippen LogP contribution in [-0.4, -0.2) is 70.6 Å². The Morgan fingerprint density at radius 2 is 1.41 bits per heavy atom. The minimum atomic E-state index is -1.68. The van der Waals surface area contributed by atoms with Gasteiger partial charge in [-0.1, -0.05) is 56.5 Å². The van der Waals surface area contributed by atoms with Crippen LogP contribution in [0.4, 0.5) is 0 Å². The second-order valence-corrected chi connectivity index (χ2v) is 8.84. The number of aliphatic carboxylic acids is 2. The highest BCUT2D eigenvalue weighted by atomic mass is 16.4. The van der Waals surface area contributed by atoms with E-state index in [1.165, 1.54) is 0 Å². The van der Waals surface area contributed by atoms with E-state index in [1.807, 2.05) is 6.92 Å². The molecule has 3 amide bonds. The average Bonchev–Trinajstić information content (AvgIpc) is 2.85. The SMILES string of the molecule is CCCC[C@H](NC(=O)[C@H](N)CCCCN)C(=O)N[C@@H](Cc1ccccc1)C(=O)N[C@@H](CC(=O)O)C(=O)O. The Balaban J connectivity index is 3.05. The fraction of sp³-hybridized carbons (Fsp3) is 0.560. The van der Waals surface area contributed by atoms with Gasteiger partial charge in [-0.05, 0) is 31.4 Å². The van der Waals surface area contributed by atoms with E-state index in [0.717, 1.165) is 12.8 Å². The Morgan fingerprint density at radius 1 is 0.811 bits per heavy atom.